The third-order valence-corrected chi connectivity index (χ3v) is 4.62. The molecule has 7 nitrogen and oxygen atoms in total. The second-order valence-corrected chi connectivity index (χ2v) is 6.27. The summed E-state index contributed by atoms with van der Waals surface area (Å²) < 4.78 is 7.75. The summed E-state index contributed by atoms with van der Waals surface area (Å²) in [5, 5.41) is 7.81. The molecule has 0 unspecified atom stereocenters. The Morgan fingerprint density at radius 3 is 2.95 bits per heavy atom. The molecule has 4 rings (SSSR count). The molecule has 0 bridgehead atoms. The van der Waals surface area contributed by atoms with Crippen molar-refractivity contribution in [1.82, 2.24) is 19.2 Å². The van der Waals surface area contributed by atoms with Crippen LogP contribution in [0.3, 0.4) is 0 Å². The van der Waals surface area contributed by atoms with Gasteiger partial charge in [-0.15, -0.1) is 27.8 Å². The molecule has 0 saturated carbocycles. The van der Waals surface area contributed by atoms with Crippen molar-refractivity contribution in [1.29, 1.82) is 0 Å². The average Bonchev–Trinajstić information content (AvgIpc) is 3.20. The fourth-order valence-electron chi connectivity index (χ4n) is 2.03. The Morgan fingerprint density at radius 1 is 1.23 bits per heavy atom. The molecule has 110 valence electrons. The van der Waals surface area contributed by atoms with Gasteiger partial charge in [0, 0.05) is 17.6 Å². The summed E-state index contributed by atoms with van der Waals surface area (Å²) in [6, 6.07) is 5.07. The van der Waals surface area contributed by atoms with Gasteiger partial charge in [0.1, 0.15) is 0 Å². The van der Waals surface area contributed by atoms with Crippen LogP contribution in [0, 0.1) is 0 Å². The van der Waals surface area contributed by atoms with Gasteiger partial charge >= 0.3 is 5.76 Å². The number of thiazole rings is 1. The maximum atomic E-state index is 11.9. The second kappa shape index (κ2) is 5.04. The van der Waals surface area contributed by atoms with Gasteiger partial charge in [0.25, 0.3) is 11.4 Å². The lowest BCUT2D eigenvalue weighted by atomic mass is 10.4. The van der Waals surface area contributed by atoms with Gasteiger partial charge in [-0.3, -0.25) is 9.20 Å². The average molecular weight is 332 g/mol. The zero-order chi connectivity index (χ0) is 15.1. The van der Waals surface area contributed by atoms with Crippen molar-refractivity contribution in [2.24, 2.45) is 0 Å². The minimum Gasteiger partial charge on any atom is -0.387 e. The first-order valence-corrected chi connectivity index (χ1v) is 8.04. The molecule has 22 heavy (non-hydrogen) atoms. The van der Waals surface area contributed by atoms with Crippen LogP contribution in [0.15, 0.2) is 49.2 Å². The minimum atomic E-state index is -0.573. The van der Waals surface area contributed by atoms with Gasteiger partial charge in [-0.05, 0) is 11.4 Å². The Bertz CT molecular complexity index is 1060. The third-order valence-electron chi connectivity index (χ3n) is 3.01. The van der Waals surface area contributed by atoms with E-state index >= 15 is 0 Å². The van der Waals surface area contributed by atoms with Gasteiger partial charge in [0.15, 0.2) is 4.96 Å². The Hall–Kier alpha value is -2.52. The molecule has 4 heterocycles. The highest BCUT2D eigenvalue weighted by atomic mass is 32.1. The molecule has 0 N–H and O–H groups in total. The smallest absolute Gasteiger partial charge is 0.387 e. The fraction of sp³-hybridized carbons (Fsp3) is 0.0769. The van der Waals surface area contributed by atoms with Crippen LogP contribution in [0.1, 0.15) is 5.69 Å². The summed E-state index contributed by atoms with van der Waals surface area (Å²) in [6.07, 6.45) is 1.66. The third kappa shape index (κ3) is 2.20. The van der Waals surface area contributed by atoms with E-state index in [1.165, 1.54) is 37.8 Å². The summed E-state index contributed by atoms with van der Waals surface area (Å²) in [5.41, 5.74) is 0.289. The van der Waals surface area contributed by atoms with Crippen LogP contribution < -0.4 is 11.3 Å². The van der Waals surface area contributed by atoms with Crippen LogP contribution in [-0.4, -0.2) is 19.2 Å². The number of rotatable bonds is 3. The summed E-state index contributed by atoms with van der Waals surface area (Å²) in [4.78, 5) is 29.5. The summed E-state index contributed by atoms with van der Waals surface area (Å²) in [7, 11) is 0. The van der Waals surface area contributed by atoms with Crippen LogP contribution in [0.25, 0.3) is 15.7 Å². The minimum absolute atomic E-state index is 0.0946. The molecule has 0 atom stereocenters. The fourth-order valence-corrected chi connectivity index (χ4v) is 3.41. The number of hydrogen-bond donors (Lipinski definition) is 0. The van der Waals surface area contributed by atoms with Crippen LogP contribution in [0.5, 0.6) is 0 Å². The summed E-state index contributed by atoms with van der Waals surface area (Å²) in [6.45, 7) is 0.0946. The largest absolute Gasteiger partial charge is 0.437 e. The Labute approximate surface area is 130 Å². The van der Waals surface area contributed by atoms with Crippen molar-refractivity contribution >= 4 is 27.6 Å². The highest BCUT2D eigenvalue weighted by Gasteiger charge is 2.13. The molecule has 0 aromatic carbocycles. The lowest BCUT2D eigenvalue weighted by molar-refractivity contribution is 0.494. The number of nitrogens with zero attached hydrogens (tertiary/aromatic N) is 4. The molecule has 0 fully saturated rings. The lowest BCUT2D eigenvalue weighted by Gasteiger charge is -1.99. The summed E-state index contributed by atoms with van der Waals surface area (Å²) in [5.74, 6) is -0.300. The van der Waals surface area contributed by atoms with Crippen molar-refractivity contribution in [3.63, 3.8) is 0 Å². The van der Waals surface area contributed by atoms with Gasteiger partial charge in [-0.25, -0.2) is 9.78 Å². The normalized spacial score (nSPS) is 11.3. The van der Waals surface area contributed by atoms with E-state index in [0.717, 1.165) is 4.88 Å². The van der Waals surface area contributed by atoms with E-state index < -0.39 is 5.76 Å². The van der Waals surface area contributed by atoms with Crippen molar-refractivity contribution < 1.29 is 4.42 Å². The summed E-state index contributed by atoms with van der Waals surface area (Å²) >= 11 is 2.79. The standard InChI is InChI=1S/C13H8N4O3S2/c18-10-6-8(14-12-16(10)3-5-22-12)7-17-13(19)20-11(15-17)9-2-1-4-21-9/h1-6H,7H2. The molecule has 0 aliphatic rings. The monoisotopic (exact) mass is 332 g/mol. The lowest BCUT2D eigenvalue weighted by Crippen LogP contribution is -2.20. The predicted octanol–water partition coefficient (Wildman–Crippen LogP) is 1.68. The van der Waals surface area contributed by atoms with E-state index in [4.69, 9.17) is 4.42 Å². The van der Waals surface area contributed by atoms with E-state index in [-0.39, 0.29) is 18.0 Å². The van der Waals surface area contributed by atoms with Gasteiger partial charge in [-0.2, -0.15) is 4.68 Å². The molecular formula is C13H8N4O3S2. The van der Waals surface area contributed by atoms with Gasteiger partial charge in [0.05, 0.1) is 17.1 Å². The van der Waals surface area contributed by atoms with Crippen molar-refractivity contribution in [2.75, 3.05) is 0 Å². The first-order chi connectivity index (χ1) is 10.7. The highest BCUT2D eigenvalue weighted by molar-refractivity contribution is 7.15. The van der Waals surface area contributed by atoms with E-state index in [0.29, 0.717) is 10.7 Å². The maximum Gasteiger partial charge on any atom is 0.437 e. The number of hydrogen-bond acceptors (Lipinski definition) is 7. The van der Waals surface area contributed by atoms with Crippen molar-refractivity contribution in [3.8, 4) is 10.8 Å². The first-order valence-electron chi connectivity index (χ1n) is 6.28. The molecule has 4 aromatic rings. The maximum absolute atomic E-state index is 11.9. The van der Waals surface area contributed by atoms with Gasteiger partial charge in [0.2, 0.25) is 0 Å². The number of fused-ring (bicyclic) bond motifs is 1. The quantitative estimate of drug-likeness (QED) is 0.570. The molecule has 0 aliphatic carbocycles. The molecule has 0 radical (unpaired) electrons. The van der Waals surface area contributed by atoms with Crippen molar-refractivity contribution in [2.45, 2.75) is 6.54 Å². The van der Waals surface area contributed by atoms with Crippen LogP contribution in [-0.2, 0) is 6.54 Å². The number of thiophene rings is 1. The molecule has 0 spiro atoms. The van der Waals surface area contributed by atoms with Crippen LogP contribution >= 0.6 is 22.7 Å². The number of aromatic nitrogens is 4. The molecule has 9 heteroatoms. The van der Waals surface area contributed by atoms with Crippen molar-refractivity contribution in [3.05, 3.63) is 61.8 Å². The molecule has 0 aliphatic heterocycles. The van der Waals surface area contributed by atoms with E-state index in [1.54, 1.807) is 11.6 Å². The Kier molecular flexibility index (Phi) is 3.01. The van der Waals surface area contributed by atoms with Gasteiger partial charge in [-0.1, -0.05) is 6.07 Å². The molecule has 0 saturated heterocycles. The first kappa shape index (κ1) is 13.2. The van der Waals surface area contributed by atoms with Crippen LogP contribution in [0.4, 0.5) is 0 Å². The SMILES string of the molecule is O=c1oc(-c2cccs2)nn1Cc1cc(=O)n2ccsc2n1. The van der Waals surface area contributed by atoms with Crippen LogP contribution in [0.2, 0.25) is 0 Å². The topological polar surface area (TPSA) is 82.4 Å². The van der Waals surface area contributed by atoms with Gasteiger partial charge < -0.3 is 4.42 Å². The predicted molar refractivity (Wildman–Crippen MR) is 82.5 cm³/mol. The zero-order valence-corrected chi connectivity index (χ0v) is 12.6. The molecule has 0 amide bonds. The Balaban J connectivity index is 1.73. The molecular weight excluding hydrogens is 324 g/mol. The van der Waals surface area contributed by atoms with E-state index in [9.17, 15) is 9.59 Å². The molecule has 4 aromatic heterocycles. The second-order valence-electron chi connectivity index (χ2n) is 4.45. The highest BCUT2D eigenvalue weighted by Crippen LogP contribution is 2.21. The Morgan fingerprint density at radius 2 is 2.14 bits per heavy atom. The van der Waals surface area contributed by atoms with E-state index in [1.807, 2.05) is 17.5 Å². The van der Waals surface area contributed by atoms with E-state index in [2.05, 4.69) is 10.1 Å². The zero-order valence-electron chi connectivity index (χ0n) is 11.0.